The molecule has 6 heteroatoms. The minimum absolute atomic E-state index is 0.309. The molecule has 1 saturated heterocycles. The van der Waals surface area contributed by atoms with Crippen molar-refractivity contribution in [3.05, 3.63) is 35.9 Å². The fourth-order valence-corrected chi connectivity index (χ4v) is 2.65. The van der Waals surface area contributed by atoms with Crippen molar-refractivity contribution in [2.75, 3.05) is 13.7 Å². The number of hydrogen-bond donors (Lipinski definition) is 1. The Balaban J connectivity index is 2.05. The molecule has 0 spiro atoms. The van der Waals surface area contributed by atoms with Gasteiger partial charge in [0.05, 0.1) is 7.11 Å². The van der Waals surface area contributed by atoms with Crippen molar-refractivity contribution < 1.29 is 19.1 Å². The van der Waals surface area contributed by atoms with E-state index < -0.39 is 18.1 Å². The average Bonchev–Trinajstić information content (AvgIpc) is 3.03. The molecular formula is C16H20N2O4. The number of rotatable bonds is 6. The molecule has 6 nitrogen and oxygen atoms in total. The van der Waals surface area contributed by atoms with Crippen molar-refractivity contribution in [2.45, 2.75) is 31.3 Å². The van der Waals surface area contributed by atoms with Gasteiger partial charge < -0.3 is 15.0 Å². The number of benzene rings is 1. The summed E-state index contributed by atoms with van der Waals surface area (Å²) < 4.78 is 4.76. The van der Waals surface area contributed by atoms with Crippen molar-refractivity contribution in [1.82, 2.24) is 10.2 Å². The van der Waals surface area contributed by atoms with Gasteiger partial charge in [-0.2, -0.15) is 0 Å². The van der Waals surface area contributed by atoms with E-state index in [0.717, 1.165) is 12.0 Å². The summed E-state index contributed by atoms with van der Waals surface area (Å²) in [6.45, 7) is 0.573. The van der Waals surface area contributed by atoms with E-state index in [1.165, 1.54) is 12.0 Å². The van der Waals surface area contributed by atoms with Gasteiger partial charge in [-0.1, -0.05) is 30.3 Å². The van der Waals surface area contributed by atoms with Crippen molar-refractivity contribution in [3.63, 3.8) is 0 Å². The van der Waals surface area contributed by atoms with Crippen LogP contribution in [0.2, 0.25) is 0 Å². The molecule has 2 rings (SSSR count). The number of ether oxygens (including phenoxy) is 1. The van der Waals surface area contributed by atoms with Crippen molar-refractivity contribution in [1.29, 1.82) is 0 Å². The number of carbonyl (C=O) groups excluding carboxylic acids is 3. The van der Waals surface area contributed by atoms with E-state index in [9.17, 15) is 14.4 Å². The maximum atomic E-state index is 12.3. The van der Waals surface area contributed by atoms with Gasteiger partial charge in [-0.05, 0) is 18.4 Å². The normalized spacial score (nSPS) is 18.6. The van der Waals surface area contributed by atoms with Crippen LogP contribution in [0.25, 0.3) is 0 Å². The molecule has 0 aromatic heterocycles. The van der Waals surface area contributed by atoms with Crippen LogP contribution in [0.4, 0.5) is 0 Å². The fourth-order valence-electron chi connectivity index (χ4n) is 2.65. The predicted octanol–water partition coefficient (Wildman–Crippen LogP) is 0.508. The molecule has 1 heterocycles. The second-order valence-electron chi connectivity index (χ2n) is 5.28. The standard InChI is InChI=1S/C16H20N2O4/c1-22-16(21)13(10-12-6-3-2-4-7-12)17-15(20)14-8-5-9-18(14)11-19/h2-4,6-7,11,13-14H,5,8-10H2,1H3,(H,17,20)/t13-,14+/m1/s1. The number of carbonyl (C=O) groups is 3. The Morgan fingerprint density at radius 1 is 1.41 bits per heavy atom. The van der Waals surface area contributed by atoms with Crippen molar-refractivity contribution >= 4 is 18.3 Å². The lowest BCUT2D eigenvalue weighted by Gasteiger charge is -2.23. The zero-order valence-corrected chi connectivity index (χ0v) is 12.5. The SMILES string of the molecule is COC(=O)[C@@H](Cc1ccccc1)NC(=O)[C@@H]1CCCN1C=O. The van der Waals surface area contributed by atoms with Crippen molar-refractivity contribution in [3.8, 4) is 0 Å². The third kappa shape index (κ3) is 3.84. The van der Waals surface area contributed by atoms with Crippen LogP contribution < -0.4 is 5.32 Å². The number of amides is 2. The molecule has 2 atom stereocenters. The molecule has 22 heavy (non-hydrogen) atoms. The highest BCUT2D eigenvalue weighted by Crippen LogP contribution is 2.15. The number of methoxy groups -OCH3 is 1. The maximum absolute atomic E-state index is 12.3. The summed E-state index contributed by atoms with van der Waals surface area (Å²) >= 11 is 0. The number of nitrogens with zero attached hydrogens (tertiary/aromatic N) is 1. The van der Waals surface area contributed by atoms with Crippen LogP contribution in [-0.2, 0) is 25.5 Å². The second-order valence-corrected chi connectivity index (χ2v) is 5.28. The third-order valence-electron chi connectivity index (χ3n) is 3.82. The summed E-state index contributed by atoms with van der Waals surface area (Å²) in [5.41, 5.74) is 0.928. The smallest absolute Gasteiger partial charge is 0.328 e. The maximum Gasteiger partial charge on any atom is 0.328 e. The van der Waals surface area contributed by atoms with Gasteiger partial charge in [0, 0.05) is 13.0 Å². The first kappa shape index (κ1) is 16.0. The Morgan fingerprint density at radius 2 is 2.14 bits per heavy atom. The van der Waals surface area contributed by atoms with E-state index in [1.54, 1.807) is 0 Å². The summed E-state index contributed by atoms with van der Waals surface area (Å²) in [7, 11) is 1.29. The molecule has 1 aromatic carbocycles. The largest absolute Gasteiger partial charge is 0.467 e. The highest BCUT2D eigenvalue weighted by molar-refractivity contribution is 5.89. The lowest BCUT2D eigenvalue weighted by Crippen LogP contribution is -2.50. The molecule has 1 aromatic rings. The molecule has 1 N–H and O–H groups in total. The van der Waals surface area contributed by atoms with Crippen LogP contribution in [0.15, 0.2) is 30.3 Å². The molecule has 118 valence electrons. The molecule has 0 saturated carbocycles. The highest BCUT2D eigenvalue weighted by Gasteiger charge is 2.32. The van der Waals surface area contributed by atoms with Gasteiger partial charge >= 0.3 is 5.97 Å². The number of likely N-dealkylation sites (tertiary alicyclic amines) is 1. The summed E-state index contributed by atoms with van der Waals surface area (Å²) in [5, 5.41) is 2.71. The van der Waals surface area contributed by atoms with Gasteiger partial charge in [-0.3, -0.25) is 9.59 Å². The summed E-state index contributed by atoms with van der Waals surface area (Å²) in [6.07, 6.45) is 2.44. The Labute approximate surface area is 129 Å². The second kappa shape index (κ2) is 7.59. The minimum Gasteiger partial charge on any atom is -0.467 e. The van der Waals surface area contributed by atoms with Crippen molar-refractivity contribution in [2.24, 2.45) is 0 Å². The molecule has 1 aliphatic heterocycles. The average molecular weight is 304 g/mol. The van der Waals surface area contributed by atoms with Crippen LogP contribution in [0.3, 0.4) is 0 Å². The van der Waals surface area contributed by atoms with E-state index in [-0.39, 0.29) is 5.91 Å². The Bertz CT molecular complexity index is 532. The number of nitrogens with one attached hydrogen (secondary N) is 1. The van der Waals surface area contributed by atoms with Crippen LogP contribution >= 0.6 is 0 Å². The molecule has 0 bridgehead atoms. The van der Waals surface area contributed by atoms with Gasteiger partial charge in [0.15, 0.2) is 0 Å². The van der Waals surface area contributed by atoms with Gasteiger partial charge in [0.1, 0.15) is 12.1 Å². The number of esters is 1. The minimum atomic E-state index is -0.756. The molecule has 0 radical (unpaired) electrons. The lowest BCUT2D eigenvalue weighted by molar-refractivity contribution is -0.145. The van der Waals surface area contributed by atoms with Gasteiger partial charge in [-0.15, -0.1) is 0 Å². The molecule has 0 aliphatic carbocycles. The zero-order chi connectivity index (χ0) is 15.9. The molecule has 1 aliphatic rings. The summed E-state index contributed by atoms with van der Waals surface area (Å²) in [6, 6.07) is 8.14. The summed E-state index contributed by atoms with van der Waals surface area (Å²) in [4.78, 5) is 36.6. The molecule has 2 amide bonds. The first-order chi connectivity index (χ1) is 10.7. The van der Waals surface area contributed by atoms with Gasteiger partial charge in [-0.25, -0.2) is 4.79 Å². The fraction of sp³-hybridized carbons (Fsp3) is 0.438. The topological polar surface area (TPSA) is 75.7 Å². The Hall–Kier alpha value is -2.37. The van der Waals surface area contributed by atoms with E-state index in [4.69, 9.17) is 4.74 Å². The first-order valence-electron chi connectivity index (χ1n) is 7.29. The van der Waals surface area contributed by atoms with E-state index >= 15 is 0 Å². The molecule has 1 fully saturated rings. The molecule has 0 unspecified atom stereocenters. The lowest BCUT2D eigenvalue weighted by atomic mass is 10.1. The first-order valence-corrected chi connectivity index (χ1v) is 7.29. The Kier molecular flexibility index (Phi) is 5.52. The van der Waals surface area contributed by atoms with E-state index in [2.05, 4.69) is 5.32 Å². The van der Waals surface area contributed by atoms with E-state index in [0.29, 0.717) is 25.8 Å². The quantitative estimate of drug-likeness (QED) is 0.614. The monoisotopic (exact) mass is 304 g/mol. The van der Waals surface area contributed by atoms with Crippen LogP contribution in [0.5, 0.6) is 0 Å². The van der Waals surface area contributed by atoms with Crippen LogP contribution in [-0.4, -0.2) is 48.9 Å². The van der Waals surface area contributed by atoms with Gasteiger partial charge in [0.2, 0.25) is 12.3 Å². The highest BCUT2D eigenvalue weighted by atomic mass is 16.5. The van der Waals surface area contributed by atoms with Crippen LogP contribution in [0.1, 0.15) is 18.4 Å². The third-order valence-corrected chi connectivity index (χ3v) is 3.82. The van der Waals surface area contributed by atoms with Crippen LogP contribution in [0, 0.1) is 0 Å². The molecular weight excluding hydrogens is 284 g/mol. The number of hydrogen-bond acceptors (Lipinski definition) is 4. The summed E-state index contributed by atoms with van der Waals surface area (Å²) in [5.74, 6) is -0.802. The predicted molar refractivity (Wildman–Crippen MR) is 79.9 cm³/mol. The van der Waals surface area contributed by atoms with Gasteiger partial charge in [0.25, 0.3) is 0 Å². The Morgan fingerprint density at radius 3 is 2.77 bits per heavy atom. The van der Waals surface area contributed by atoms with E-state index in [1.807, 2.05) is 30.3 Å². The zero-order valence-electron chi connectivity index (χ0n) is 12.5.